The number of aromatic nitrogens is 3. The first-order chi connectivity index (χ1) is 14.5. The standard InChI is InChI=1S/C21H18ClFN6O/c1-24-19-20-26-12-18(29(20)9-8-25-19)13-3-6-16(7-4-13)28-21(30)27-11-14-2-5-15(23)10-17(14)22/h2-10,12H,11H2,1H3,(H,24,25)(H2,27,28,30). The van der Waals surface area contributed by atoms with E-state index in [0.29, 0.717) is 17.1 Å². The minimum atomic E-state index is -0.419. The van der Waals surface area contributed by atoms with E-state index < -0.39 is 5.82 Å². The van der Waals surface area contributed by atoms with Gasteiger partial charge in [-0.3, -0.25) is 4.40 Å². The molecule has 0 aliphatic carbocycles. The van der Waals surface area contributed by atoms with E-state index >= 15 is 0 Å². The number of hydrogen-bond acceptors (Lipinski definition) is 4. The summed E-state index contributed by atoms with van der Waals surface area (Å²) >= 11 is 5.97. The van der Waals surface area contributed by atoms with E-state index in [1.807, 2.05) is 22.7 Å². The van der Waals surface area contributed by atoms with Gasteiger partial charge in [0.1, 0.15) is 5.82 Å². The van der Waals surface area contributed by atoms with Crippen LogP contribution in [0.1, 0.15) is 5.56 Å². The van der Waals surface area contributed by atoms with Gasteiger partial charge in [0.05, 0.1) is 11.9 Å². The van der Waals surface area contributed by atoms with Crippen LogP contribution < -0.4 is 16.0 Å². The first-order valence-corrected chi connectivity index (χ1v) is 9.52. The monoisotopic (exact) mass is 424 g/mol. The quantitative estimate of drug-likeness (QED) is 0.439. The molecule has 0 aliphatic heterocycles. The Morgan fingerprint density at radius 2 is 1.97 bits per heavy atom. The highest BCUT2D eigenvalue weighted by atomic mass is 35.5. The lowest BCUT2D eigenvalue weighted by atomic mass is 10.1. The van der Waals surface area contributed by atoms with Crippen molar-refractivity contribution in [2.75, 3.05) is 17.7 Å². The Hall–Kier alpha value is -3.65. The number of imidazole rings is 1. The van der Waals surface area contributed by atoms with E-state index in [9.17, 15) is 9.18 Å². The van der Waals surface area contributed by atoms with Crippen molar-refractivity contribution in [1.29, 1.82) is 0 Å². The number of carbonyl (C=O) groups is 1. The van der Waals surface area contributed by atoms with Crippen molar-refractivity contribution in [2.24, 2.45) is 0 Å². The Balaban J connectivity index is 1.43. The molecule has 0 aliphatic rings. The third kappa shape index (κ3) is 4.04. The Kier molecular flexibility index (Phi) is 5.49. The molecular formula is C21H18ClFN6O. The number of carbonyl (C=O) groups excluding carboxylic acids is 1. The van der Waals surface area contributed by atoms with Crippen LogP contribution in [0.5, 0.6) is 0 Å². The molecule has 2 amide bonds. The number of amides is 2. The number of fused-ring (bicyclic) bond motifs is 1. The van der Waals surface area contributed by atoms with Crippen molar-refractivity contribution in [1.82, 2.24) is 19.7 Å². The van der Waals surface area contributed by atoms with Crippen molar-refractivity contribution in [3.05, 3.63) is 77.5 Å². The molecule has 2 aromatic heterocycles. The summed E-state index contributed by atoms with van der Waals surface area (Å²) in [5.41, 5.74) is 3.85. The number of rotatable bonds is 5. The molecule has 30 heavy (non-hydrogen) atoms. The molecule has 2 heterocycles. The maximum Gasteiger partial charge on any atom is 0.319 e. The molecule has 0 radical (unpaired) electrons. The van der Waals surface area contributed by atoms with Crippen LogP contribution in [0, 0.1) is 5.82 Å². The van der Waals surface area contributed by atoms with E-state index in [1.165, 1.54) is 18.2 Å². The minimum absolute atomic E-state index is 0.187. The van der Waals surface area contributed by atoms with Crippen molar-refractivity contribution in [3.8, 4) is 11.3 Å². The van der Waals surface area contributed by atoms with Crippen LogP contribution in [0.15, 0.2) is 61.1 Å². The van der Waals surface area contributed by atoms with Crippen molar-refractivity contribution < 1.29 is 9.18 Å². The lowest BCUT2D eigenvalue weighted by molar-refractivity contribution is 0.251. The second-order valence-electron chi connectivity index (χ2n) is 6.48. The number of benzene rings is 2. The van der Waals surface area contributed by atoms with Gasteiger partial charge in [-0.2, -0.15) is 0 Å². The molecule has 4 rings (SSSR count). The Labute approximate surface area is 176 Å². The van der Waals surface area contributed by atoms with Gasteiger partial charge in [0.2, 0.25) is 0 Å². The van der Waals surface area contributed by atoms with Gasteiger partial charge in [0.15, 0.2) is 11.5 Å². The molecule has 0 bridgehead atoms. The molecule has 9 heteroatoms. The molecular weight excluding hydrogens is 407 g/mol. The van der Waals surface area contributed by atoms with Gasteiger partial charge in [-0.1, -0.05) is 29.8 Å². The van der Waals surface area contributed by atoms with Crippen LogP contribution in [-0.2, 0) is 6.54 Å². The normalized spacial score (nSPS) is 10.8. The second-order valence-corrected chi connectivity index (χ2v) is 6.89. The molecule has 0 fully saturated rings. The fourth-order valence-corrected chi connectivity index (χ4v) is 3.28. The largest absolute Gasteiger partial charge is 0.370 e. The van der Waals surface area contributed by atoms with E-state index in [2.05, 4.69) is 25.9 Å². The van der Waals surface area contributed by atoms with Crippen LogP contribution in [0.2, 0.25) is 5.02 Å². The highest BCUT2D eigenvalue weighted by molar-refractivity contribution is 6.31. The summed E-state index contributed by atoms with van der Waals surface area (Å²) in [6, 6.07) is 11.1. The highest BCUT2D eigenvalue weighted by Crippen LogP contribution is 2.24. The lowest BCUT2D eigenvalue weighted by Gasteiger charge is -2.10. The van der Waals surface area contributed by atoms with Crippen LogP contribution >= 0.6 is 11.6 Å². The Morgan fingerprint density at radius 3 is 2.70 bits per heavy atom. The first-order valence-electron chi connectivity index (χ1n) is 9.14. The zero-order valence-electron chi connectivity index (χ0n) is 16.0. The van der Waals surface area contributed by atoms with Crippen LogP contribution in [0.25, 0.3) is 16.9 Å². The van der Waals surface area contributed by atoms with Crippen LogP contribution in [0.3, 0.4) is 0 Å². The average Bonchev–Trinajstić information content (AvgIpc) is 3.18. The van der Waals surface area contributed by atoms with Gasteiger partial charge in [-0.15, -0.1) is 0 Å². The summed E-state index contributed by atoms with van der Waals surface area (Å²) in [4.78, 5) is 20.8. The van der Waals surface area contributed by atoms with Crippen molar-refractivity contribution in [3.63, 3.8) is 0 Å². The summed E-state index contributed by atoms with van der Waals surface area (Å²) < 4.78 is 15.0. The smallest absolute Gasteiger partial charge is 0.319 e. The summed E-state index contributed by atoms with van der Waals surface area (Å²) in [7, 11) is 1.80. The lowest BCUT2D eigenvalue weighted by Crippen LogP contribution is -2.28. The average molecular weight is 425 g/mol. The maximum absolute atomic E-state index is 13.1. The summed E-state index contributed by atoms with van der Waals surface area (Å²) in [5, 5.41) is 8.75. The third-order valence-electron chi connectivity index (χ3n) is 4.56. The van der Waals surface area contributed by atoms with E-state index in [0.717, 1.165) is 16.9 Å². The third-order valence-corrected chi connectivity index (χ3v) is 4.91. The SMILES string of the molecule is CNc1nccn2c(-c3ccc(NC(=O)NCc4ccc(F)cc4Cl)cc3)cnc12. The Bertz CT molecular complexity index is 1210. The van der Waals surface area contributed by atoms with Crippen LogP contribution in [0.4, 0.5) is 20.7 Å². The second kappa shape index (κ2) is 8.38. The topological polar surface area (TPSA) is 83.3 Å². The molecule has 4 aromatic rings. The number of anilines is 2. The van der Waals surface area contributed by atoms with Crippen LogP contribution in [-0.4, -0.2) is 27.4 Å². The summed E-state index contributed by atoms with van der Waals surface area (Å²) in [5.74, 6) is 0.276. The minimum Gasteiger partial charge on any atom is -0.370 e. The molecule has 0 saturated carbocycles. The summed E-state index contributed by atoms with van der Waals surface area (Å²) in [6.07, 6.45) is 5.33. The van der Waals surface area contributed by atoms with Gasteiger partial charge in [0.25, 0.3) is 0 Å². The molecule has 0 unspecified atom stereocenters. The molecule has 3 N–H and O–H groups in total. The first kappa shape index (κ1) is 19.7. The zero-order valence-corrected chi connectivity index (χ0v) is 16.7. The van der Waals surface area contributed by atoms with Gasteiger partial charge in [0, 0.05) is 42.3 Å². The van der Waals surface area contributed by atoms with Gasteiger partial charge < -0.3 is 16.0 Å². The maximum atomic E-state index is 13.1. The van der Waals surface area contributed by atoms with Gasteiger partial charge >= 0.3 is 6.03 Å². The number of nitrogens with zero attached hydrogens (tertiary/aromatic N) is 3. The molecule has 2 aromatic carbocycles. The molecule has 0 atom stereocenters. The highest BCUT2D eigenvalue weighted by Gasteiger charge is 2.10. The van der Waals surface area contributed by atoms with E-state index in [-0.39, 0.29) is 17.6 Å². The molecule has 0 saturated heterocycles. The fourth-order valence-electron chi connectivity index (χ4n) is 3.05. The number of urea groups is 1. The predicted molar refractivity (Wildman–Crippen MR) is 115 cm³/mol. The van der Waals surface area contributed by atoms with E-state index in [4.69, 9.17) is 11.6 Å². The van der Waals surface area contributed by atoms with Gasteiger partial charge in [-0.25, -0.2) is 19.2 Å². The number of hydrogen-bond donors (Lipinski definition) is 3. The fraction of sp³-hybridized carbons (Fsp3) is 0.0952. The van der Waals surface area contributed by atoms with Gasteiger partial charge in [-0.05, 0) is 29.8 Å². The summed E-state index contributed by atoms with van der Waals surface area (Å²) in [6.45, 7) is 0.187. The molecule has 152 valence electrons. The predicted octanol–water partition coefficient (Wildman–Crippen LogP) is 4.55. The zero-order chi connectivity index (χ0) is 21.1. The number of halogens is 2. The van der Waals surface area contributed by atoms with Crippen molar-refractivity contribution in [2.45, 2.75) is 6.54 Å². The Morgan fingerprint density at radius 1 is 1.17 bits per heavy atom. The van der Waals surface area contributed by atoms with Crippen molar-refractivity contribution >= 4 is 34.8 Å². The molecule has 7 nitrogen and oxygen atoms in total. The molecule has 0 spiro atoms. The van der Waals surface area contributed by atoms with E-state index in [1.54, 1.807) is 31.6 Å². The number of nitrogens with one attached hydrogen (secondary N) is 3.